The highest BCUT2D eigenvalue weighted by Crippen LogP contribution is 2.28. The van der Waals surface area contributed by atoms with E-state index in [4.69, 9.17) is 22.1 Å². The van der Waals surface area contributed by atoms with Gasteiger partial charge in [-0.2, -0.15) is 4.98 Å². The van der Waals surface area contributed by atoms with E-state index >= 15 is 0 Å². The maximum absolute atomic E-state index is 5.96. The summed E-state index contributed by atoms with van der Waals surface area (Å²) in [6.07, 6.45) is 0. The summed E-state index contributed by atoms with van der Waals surface area (Å²) in [7, 11) is 1.98. The van der Waals surface area contributed by atoms with Crippen LogP contribution in [0.4, 0.5) is 11.5 Å². The number of thiophene rings is 1. The molecule has 2 aromatic rings. The normalized spacial score (nSPS) is 11.5. The standard InChI is InChI=1S/C15H20ClN3OS/c1-15(2,3)20-14-11(17)6-8-13(18-14)19(4)9-10-5-7-12(16)21-10/h5-8H,9,17H2,1-4H3. The number of nitrogens with zero attached hydrogens (tertiary/aromatic N) is 2. The van der Waals surface area contributed by atoms with Crippen molar-refractivity contribution in [2.24, 2.45) is 0 Å². The number of nitrogen functional groups attached to an aromatic ring is 1. The molecule has 0 radical (unpaired) electrons. The van der Waals surface area contributed by atoms with E-state index in [1.54, 1.807) is 11.3 Å². The van der Waals surface area contributed by atoms with Crippen molar-refractivity contribution in [2.75, 3.05) is 17.7 Å². The van der Waals surface area contributed by atoms with Crippen LogP contribution in [-0.4, -0.2) is 17.6 Å². The van der Waals surface area contributed by atoms with Gasteiger partial charge in [0.05, 0.1) is 16.6 Å². The van der Waals surface area contributed by atoms with Crippen molar-refractivity contribution in [3.63, 3.8) is 0 Å². The van der Waals surface area contributed by atoms with Crippen LogP contribution in [0.15, 0.2) is 24.3 Å². The highest BCUT2D eigenvalue weighted by molar-refractivity contribution is 7.16. The fourth-order valence-corrected chi connectivity index (χ4v) is 2.92. The Morgan fingerprint density at radius 2 is 2.00 bits per heavy atom. The van der Waals surface area contributed by atoms with Gasteiger partial charge in [-0.1, -0.05) is 11.6 Å². The SMILES string of the molecule is CN(Cc1ccc(Cl)s1)c1ccc(N)c(OC(C)(C)C)n1. The summed E-state index contributed by atoms with van der Waals surface area (Å²) in [6.45, 7) is 6.65. The Labute approximate surface area is 134 Å². The van der Waals surface area contributed by atoms with Crippen LogP contribution in [0.1, 0.15) is 25.6 Å². The second-order valence-corrected chi connectivity index (χ2v) is 7.64. The number of hydrogen-bond acceptors (Lipinski definition) is 5. The molecule has 0 aromatic carbocycles. The molecule has 2 rings (SSSR count). The maximum atomic E-state index is 5.96. The lowest BCUT2D eigenvalue weighted by molar-refractivity contribution is 0.125. The molecule has 0 aliphatic heterocycles. The number of rotatable bonds is 4. The predicted molar refractivity (Wildman–Crippen MR) is 90.5 cm³/mol. The molecule has 0 bridgehead atoms. The summed E-state index contributed by atoms with van der Waals surface area (Å²) >= 11 is 7.52. The van der Waals surface area contributed by atoms with Crippen LogP contribution in [0, 0.1) is 0 Å². The Hall–Kier alpha value is -1.46. The van der Waals surface area contributed by atoms with Crippen LogP contribution in [0.2, 0.25) is 4.34 Å². The van der Waals surface area contributed by atoms with Gasteiger partial charge in [0, 0.05) is 11.9 Å². The Balaban J connectivity index is 2.17. The van der Waals surface area contributed by atoms with E-state index in [0.717, 1.165) is 16.7 Å². The Morgan fingerprint density at radius 1 is 1.29 bits per heavy atom. The lowest BCUT2D eigenvalue weighted by Crippen LogP contribution is -2.25. The smallest absolute Gasteiger partial charge is 0.239 e. The van der Waals surface area contributed by atoms with E-state index in [0.29, 0.717) is 11.6 Å². The summed E-state index contributed by atoms with van der Waals surface area (Å²) in [4.78, 5) is 7.73. The molecule has 114 valence electrons. The van der Waals surface area contributed by atoms with Crippen molar-refractivity contribution in [3.05, 3.63) is 33.5 Å². The van der Waals surface area contributed by atoms with Gasteiger partial charge in [0.25, 0.3) is 0 Å². The fourth-order valence-electron chi connectivity index (χ4n) is 1.78. The van der Waals surface area contributed by atoms with Crippen molar-refractivity contribution in [1.82, 2.24) is 4.98 Å². The highest BCUT2D eigenvalue weighted by Gasteiger charge is 2.16. The molecule has 21 heavy (non-hydrogen) atoms. The van der Waals surface area contributed by atoms with Crippen LogP contribution in [0.25, 0.3) is 0 Å². The first kappa shape index (κ1) is 15.9. The minimum absolute atomic E-state index is 0.334. The summed E-state index contributed by atoms with van der Waals surface area (Å²) in [5, 5.41) is 0. The molecule has 2 N–H and O–H groups in total. The third-order valence-electron chi connectivity index (χ3n) is 2.69. The second kappa shape index (κ2) is 6.12. The van der Waals surface area contributed by atoms with Crippen LogP contribution in [-0.2, 0) is 6.54 Å². The molecule has 0 aliphatic carbocycles. The molecule has 0 amide bonds. The Bertz CT molecular complexity index is 622. The minimum atomic E-state index is -0.334. The lowest BCUT2D eigenvalue weighted by Gasteiger charge is -2.23. The van der Waals surface area contributed by atoms with Crippen molar-refractivity contribution in [3.8, 4) is 5.88 Å². The zero-order valence-corrected chi connectivity index (χ0v) is 14.3. The van der Waals surface area contributed by atoms with Crippen molar-refractivity contribution in [1.29, 1.82) is 0 Å². The first-order valence-corrected chi connectivity index (χ1v) is 7.85. The third kappa shape index (κ3) is 4.51. The van der Waals surface area contributed by atoms with E-state index in [1.165, 1.54) is 4.88 Å². The average molecular weight is 326 g/mol. The molecule has 0 atom stereocenters. The summed E-state index contributed by atoms with van der Waals surface area (Å²) in [5.74, 6) is 1.28. The van der Waals surface area contributed by atoms with Crippen molar-refractivity contribution >= 4 is 34.4 Å². The maximum Gasteiger partial charge on any atom is 0.239 e. The van der Waals surface area contributed by atoms with E-state index in [9.17, 15) is 0 Å². The van der Waals surface area contributed by atoms with Gasteiger partial charge in [0.2, 0.25) is 5.88 Å². The predicted octanol–water partition coefficient (Wildman–Crippen LogP) is 4.19. The third-order valence-corrected chi connectivity index (χ3v) is 3.91. The Morgan fingerprint density at radius 3 is 2.57 bits per heavy atom. The number of hydrogen-bond donors (Lipinski definition) is 1. The van der Waals surface area contributed by atoms with Gasteiger partial charge >= 0.3 is 0 Å². The summed E-state index contributed by atoms with van der Waals surface area (Å²) < 4.78 is 6.59. The van der Waals surface area contributed by atoms with Gasteiger partial charge in [-0.3, -0.25) is 0 Å². The van der Waals surface area contributed by atoms with E-state index in [1.807, 2.05) is 57.0 Å². The number of halogens is 1. The molecule has 0 spiro atoms. The number of pyridine rings is 1. The van der Waals surface area contributed by atoms with Gasteiger partial charge in [-0.25, -0.2) is 0 Å². The molecular weight excluding hydrogens is 306 g/mol. The molecule has 0 saturated carbocycles. The molecule has 6 heteroatoms. The molecule has 0 saturated heterocycles. The van der Waals surface area contributed by atoms with Crippen LogP contribution in [0.3, 0.4) is 0 Å². The van der Waals surface area contributed by atoms with Gasteiger partial charge in [0.1, 0.15) is 11.4 Å². The molecule has 4 nitrogen and oxygen atoms in total. The van der Waals surface area contributed by atoms with E-state index < -0.39 is 0 Å². The quantitative estimate of drug-likeness (QED) is 0.915. The average Bonchev–Trinajstić information content (AvgIpc) is 2.75. The second-order valence-electron chi connectivity index (χ2n) is 5.84. The molecule has 0 unspecified atom stereocenters. The monoisotopic (exact) mass is 325 g/mol. The highest BCUT2D eigenvalue weighted by atomic mass is 35.5. The first-order chi connectivity index (χ1) is 9.74. The summed E-state index contributed by atoms with van der Waals surface area (Å²) in [6, 6.07) is 7.63. The van der Waals surface area contributed by atoms with Crippen LogP contribution in [0.5, 0.6) is 5.88 Å². The van der Waals surface area contributed by atoms with Gasteiger partial charge in [0.15, 0.2) is 0 Å². The van der Waals surface area contributed by atoms with Gasteiger partial charge in [-0.05, 0) is 45.0 Å². The van der Waals surface area contributed by atoms with Crippen LogP contribution < -0.4 is 15.4 Å². The molecule has 2 aromatic heterocycles. The van der Waals surface area contributed by atoms with E-state index in [-0.39, 0.29) is 5.60 Å². The molecular formula is C15H20ClN3OS. The number of ether oxygens (including phenoxy) is 1. The molecule has 2 heterocycles. The number of aromatic nitrogens is 1. The lowest BCUT2D eigenvalue weighted by atomic mass is 10.2. The minimum Gasteiger partial charge on any atom is -0.470 e. The Kier molecular flexibility index (Phi) is 4.64. The zero-order chi connectivity index (χ0) is 15.6. The van der Waals surface area contributed by atoms with Crippen LogP contribution >= 0.6 is 22.9 Å². The van der Waals surface area contributed by atoms with Gasteiger partial charge in [-0.15, -0.1) is 11.3 Å². The van der Waals surface area contributed by atoms with E-state index in [2.05, 4.69) is 4.98 Å². The van der Waals surface area contributed by atoms with Gasteiger partial charge < -0.3 is 15.4 Å². The van der Waals surface area contributed by atoms with Crippen molar-refractivity contribution < 1.29 is 4.74 Å². The fraction of sp³-hybridized carbons (Fsp3) is 0.400. The largest absolute Gasteiger partial charge is 0.470 e. The molecule has 0 aliphatic rings. The van der Waals surface area contributed by atoms with Crippen molar-refractivity contribution in [2.45, 2.75) is 32.9 Å². The topological polar surface area (TPSA) is 51.4 Å². The number of anilines is 2. The number of nitrogens with two attached hydrogens (primary N) is 1. The summed E-state index contributed by atoms with van der Waals surface area (Å²) in [5.41, 5.74) is 6.14. The first-order valence-electron chi connectivity index (χ1n) is 6.65. The molecule has 0 fully saturated rings. The zero-order valence-electron chi connectivity index (χ0n) is 12.7.